The molecule has 1 heterocycles. The molecule has 3 nitrogen and oxygen atoms in total. The summed E-state index contributed by atoms with van der Waals surface area (Å²) in [7, 11) is 0. The molecule has 0 atom stereocenters. The second-order valence-electron chi connectivity index (χ2n) is 4.25. The zero-order valence-corrected chi connectivity index (χ0v) is 9.85. The number of phenols is 1. The van der Waals surface area contributed by atoms with Crippen molar-refractivity contribution in [2.24, 2.45) is 0 Å². The van der Waals surface area contributed by atoms with E-state index in [-0.39, 0.29) is 0 Å². The third-order valence-electron chi connectivity index (χ3n) is 3.04. The summed E-state index contributed by atoms with van der Waals surface area (Å²) in [4.78, 5) is 3.03. The molecule has 0 aliphatic carbocycles. The first-order chi connectivity index (χ1) is 8.84. The molecule has 0 aliphatic heterocycles. The number of aromatic hydroxyl groups is 1. The second kappa shape index (κ2) is 4.45. The Labute approximate surface area is 105 Å². The zero-order valence-electron chi connectivity index (χ0n) is 9.85. The van der Waals surface area contributed by atoms with Crippen molar-refractivity contribution in [2.75, 3.05) is 5.32 Å². The van der Waals surface area contributed by atoms with Gasteiger partial charge < -0.3 is 15.4 Å². The molecule has 3 N–H and O–H groups in total. The molecule has 3 heteroatoms. The highest BCUT2D eigenvalue weighted by Crippen LogP contribution is 2.29. The summed E-state index contributed by atoms with van der Waals surface area (Å²) in [5.74, 6) is 0.317. The number of hydrogen-bond acceptors (Lipinski definition) is 2. The molecule has 2 aromatic carbocycles. The standard InChI is InChI=1S/C15H14N2O/c18-15-6-2-3-12-13(15)4-1-5-14(12)17-10-11-7-8-16-9-11/h1-9,16-18H,10H2. The summed E-state index contributed by atoms with van der Waals surface area (Å²) >= 11 is 0. The summed E-state index contributed by atoms with van der Waals surface area (Å²) in [6, 6.07) is 13.5. The van der Waals surface area contributed by atoms with Crippen LogP contribution in [0.4, 0.5) is 5.69 Å². The van der Waals surface area contributed by atoms with Crippen LogP contribution in [0.2, 0.25) is 0 Å². The Morgan fingerprint density at radius 1 is 1.00 bits per heavy atom. The van der Waals surface area contributed by atoms with Gasteiger partial charge in [-0.2, -0.15) is 0 Å². The van der Waals surface area contributed by atoms with E-state index in [1.807, 2.05) is 48.8 Å². The van der Waals surface area contributed by atoms with Crippen molar-refractivity contribution in [3.05, 3.63) is 60.4 Å². The smallest absolute Gasteiger partial charge is 0.123 e. The fraction of sp³-hybridized carbons (Fsp3) is 0.0667. The maximum absolute atomic E-state index is 9.82. The van der Waals surface area contributed by atoms with Crippen LogP contribution in [0.1, 0.15) is 5.56 Å². The summed E-state index contributed by atoms with van der Waals surface area (Å²) < 4.78 is 0. The SMILES string of the molecule is Oc1cccc2c(NCc3cc[nH]c3)cccc12. The van der Waals surface area contributed by atoms with Crippen LogP contribution in [0.3, 0.4) is 0 Å². The van der Waals surface area contributed by atoms with Crippen LogP contribution in [0.15, 0.2) is 54.9 Å². The van der Waals surface area contributed by atoms with Gasteiger partial charge in [0.2, 0.25) is 0 Å². The fourth-order valence-electron chi connectivity index (χ4n) is 2.11. The normalized spacial score (nSPS) is 10.7. The van der Waals surface area contributed by atoms with Crippen LogP contribution < -0.4 is 5.32 Å². The third-order valence-corrected chi connectivity index (χ3v) is 3.04. The van der Waals surface area contributed by atoms with E-state index in [1.165, 1.54) is 5.56 Å². The van der Waals surface area contributed by atoms with E-state index >= 15 is 0 Å². The molecule has 0 saturated carbocycles. The first-order valence-electron chi connectivity index (χ1n) is 5.91. The predicted molar refractivity (Wildman–Crippen MR) is 73.7 cm³/mol. The number of phenolic OH excluding ortho intramolecular Hbond substituents is 1. The lowest BCUT2D eigenvalue weighted by atomic mass is 10.1. The molecule has 0 spiro atoms. The van der Waals surface area contributed by atoms with Gasteiger partial charge in [0.15, 0.2) is 0 Å². The van der Waals surface area contributed by atoms with Crippen molar-refractivity contribution >= 4 is 16.5 Å². The van der Waals surface area contributed by atoms with Crippen molar-refractivity contribution in [3.8, 4) is 5.75 Å². The van der Waals surface area contributed by atoms with Gasteiger partial charge in [-0.05, 0) is 23.8 Å². The number of aromatic nitrogens is 1. The molecule has 0 unspecified atom stereocenters. The van der Waals surface area contributed by atoms with E-state index in [0.29, 0.717) is 5.75 Å². The van der Waals surface area contributed by atoms with Crippen molar-refractivity contribution in [1.82, 2.24) is 4.98 Å². The molecular weight excluding hydrogens is 224 g/mol. The molecule has 0 saturated heterocycles. The summed E-state index contributed by atoms with van der Waals surface area (Å²) in [6.45, 7) is 0.762. The molecule has 0 amide bonds. The van der Waals surface area contributed by atoms with E-state index in [4.69, 9.17) is 0 Å². The highest BCUT2D eigenvalue weighted by atomic mass is 16.3. The highest BCUT2D eigenvalue weighted by Gasteiger charge is 2.03. The van der Waals surface area contributed by atoms with Gasteiger partial charge in [0.05, 0.1) is 0 Å². The molecule has 0 aliphatic rings. The van der Waals surface area contributed by atoms with Crippen LogP contribution in [0.25, 0.3) is 10.8 Å². The van der Waals surface area contributed by atoms with Gasteiger partial charge in [-0.1, -0.05) is 24.3 Å². The number of nitrogens with one attached hydrogen (secondary N) is 2. The Balaban J connectivity index is 1.94. The Bertz CT molecular complexity index is 659. The number of aromatic amines is 1. The largest absolute Gasteiger partial charge is 0.507 e. The van der Waals surface area contributed by atoms with Crippen LogP contribution in [0.5, 0.6) is 5.75 Å². The quantitative estimate of drug-likeness (QED) is 0.654. The Morgan fingerprint density at radius 3 is 2.67 bits per heavy atom. The van der Waals surface area contributed by atoms with E-state index in [1.54, 1.807) is 6.07 Å². The summed E-state index contributed by atoms with van der Waals surface area (Å²) in [5, 5.41) is 15.1. The molecule has 3 rings (SSSR count). The average Bonchev–Trinajstić information content (AvgIpc) is 2.90. The Kier molecular flexibility index (Phi) is 2.65. The van der Waals surface area contributed by atoms with Gasteiger partial charge in [0, 0.05) is 35.4 Å². The minimum Gasteiger partial charge on any atom is -0.507 e. The lowest BCUT2D eigenvalue weighted by Crippen LogP contribution is -1.98. The van der Waals surface area contributed by atoms with Crippen molar-refractivity contribution < 1.29 is 5.11 Å². The Hall–Kier alpha value is -2.42. The second-order valence-corrected chi connectivity index (χ2v) is 4.25. The molecule has 18 heavy (non-hydrogen) atoms. The topological polar surface area (TPSA) is 48.0 Å². The van der Waals surface area contributed by atoms with Crippen LogP contribution >= 0.6 is 0 Å². The van der Waals surface area contributed by atoms with Crippen LogP contribution in [0, 0.1) is 0 Å². The van der Waals surface area contributed by atoms with Gasteiger partial charge in [0.25, 0.3) is 0 Å². The van der Waals surface area contributed by atoms with Gasteiger partial charge in [-0.15, -0.1) is 0 Å². The molecule has 0 bridgehead atoms. The number of rotatable bonds is 3. The number of benzene rings is 2. The van der Waals surface area contributed by atoms with Gasteiger partial charge in [0.1, 0.15) is 5.75 Å². The van der Waals surface area contributed by atoms with Crippen molar-refractivity contribution in [1.29, 1.82) is 0 Å². The maximum atomic E-state index is 9.82. The first kappa shape index (κ1) is 10.7. The van der Waals surface area contributed by atoms with E-state index in [9.17, 15) is 5.11 Å². The minimum absolute atomic E-state index is 0.317. The Morgan fingerprint density at radius 2 is 1.83 bits per heavy atom. The molecular formula is C15H14N2O. The fourth-order valence-corrected chi connectivity index (χ4v) is 2.11. The van der Waals surface area contributed by atoms with E-state index < -0.39 is 0 Å². The number of fused-ring (bicyclic) bond motifs is 1. The average molecular weight is 238 g/mol. The lowest BCUT2D eigenvalue weighted by molar-refractivity contribution is 0.481. The van der Waals surface area contributed by atoms with Gasteiger partial charge in [-0.3, -0.25) is 0 Å². The summed E-state index contributed by atoms with van der Waals surface area (Å²) in [6.07, 6.45) is 3.88. The minimum atomic E-state index is 0.317. The zero-order chi connectivity index (χ0) is 12.4. The van der Waals surface area contributed by atoms with Crippen molar-refractivity contribution in [3.63, 3.8) is 0 Å². The summed E-state index contributed by atoms with van der Waals surface area (Å²) in [5.41, 5.74) is 2.23. The van der Waals surface area contributed by atoms with Crippen LogP contribution in [-0.2, 0) is 6.54 Å². The van der Waals surface area contributed by atoms with Gasteiger partial charge >= 0.3 is 0 Å². The lowest BCUT2D eigenvalue weighted by Gasteiger charge is -2.09. The maximum Gasteiger partial charge on any atom is 0.123 e. The first-order valence-corrected chi connectivity index (χ1v) is 5.91. The molecule has 1 aromatic heterocycles. The molecule has 0 radical (unpaired) electrons. The third kappa shape index (κ3) is 1.91. The highest BCUT2D eigenvalue weighted by molar-refractivity contribution is 5.97. The van der Waals surface area contributed by atoms with Crippen molar-refractivity contribution in [2.45, 2.75) is 6.54 Å². The molecule has 0 fully saturated rings. The molecule has 90 valence electrons. The van der Waals surface area contributed by atoms with E-state index in [0.717, 1.165) is 23.0 Å². The monoisotopic (exact) mass is 238 g/mol. The van der Waals surface area contributed by atoms with E-state index in [2.05, 4.69) is 10.3 Å². The molecule has 3 aromatic rings. The van der Waals surface area contributed by atoms with Crippen LogP contribution in [-0.4, -0.2) is 10.1 Å². The van der Waals surface area contributed by atoms with Gasteiger partial charge in [-0.25, -0.2) is 0 Å². The number of hydrogen-bond donors (Lipinski definition) is 3. The number of anilines is 1. The number of H-pyrrole nitrogens is 1. The predicted octanol–water partition coefficient (Wildman–Crippen LogP) is 3.49.